The Morgan fingerprint density at radius 2 is 2.18 bits per heavy atom. The van der Waals surface area contributed by atoms with Crippen LogP contribution in [0.1, 0.15) is 12.8 Å². The fourth-order valence-electron chi connectivity index (χ4n) is 2.78. The molecule has 2 fully saturated rings. The Kier molecular flexibility index (Phi) is 4.19. The predicted molar refractivity (Wildman–Crippen MR) is 78.6 cm³/mol. The lowest BCUT2D eigenvalue weighted by molar-refractivity contribution is -0.892. The summed E-state index contributed by atoms with van der Waals surface area (Å²) in [5.74, 6) is 0.664. The number of nitrogens with zero attached hydrogens (tertiary/aromatic N) is 2. The smallest absolute Gasteiger partial charge is 0.348 e. The van der Waals surface area contributed by atoms with Gasteiger partial charge >= 0.3 is 11.5 Å². The number of carbonyl (C=O) groups excluding carboxylic acids is 1. The van der Waals surface area contributed by atoms with E-state index < -0.39 is 0 Å². The molecule has 1 aromatic heterocycles. The number of amides is 1. The van der Waals surface area contributed by atoms with Crippen molar-refractivity contribution in [1.82, 2.24) is 5.32 Å². The minimum absolute atomic E-state index is 0.0948. The summed E-state index contributed by atoms with van der Waals surface area (Å²) in [6.45, 7) is 3.50. The Morgan fingerprint density at radius 1 is 1.45 bits per heavy atom. The predicted octanol–water partition coefficient (Wildman–Crippen LogP) is -1.61. The number of aromatic nitrogens is 1. The highest BCUT2D eigenvalue weighted by Crippen LogP contribution is 2.21. The van der Waals surface area contributed by atoms with E-state index in [9.17, 15) is 14.9 Å². The Balaban J connectivity index is 1.55. The topological polar surface area (TPSA) is 94.1 Å². The van der Waals surface area contributed by atoms with Crippen molar-refractivity contribution in [2.75, 3.05) is 37.6 Å². The number of carbonyl (C=O) groups is 1. The summed E-state index contributed by atoms with van der Waals surface area (Å²) in [6, 6.07) is 3.54. The first-order valence-corrected chi connectivity index (χ1v) is 7.66. The molecule has 3 rings (SSSR count). The molecule has 0 aromatic carbocycles. The molecular weight excluding hydrogens is 286 g/mol. The van der Waals surface area contributed by atoms with Gasteiger partial charge in [0.25, 0.3) is 5.91 Å². The van der Waals surface area contributed by atoms with Crippen molar-refractivity contribution in [3.63, 3.8) is 0 Å². The zero-order valence-corrected chi connectivity index (χ0v) is 12.4. The van der Waals surface area contributed by atoms with Crippen LogP contribution in [-0.2, 0) is 4.79 Å². The Bertz CT molecular complexity index is 567. The summed E-state index contributed by atoms with van der Waals surface area (Å²) in [5.41, 5.74) is 0.0948. The number of nitro groups is 1. The lowest BCUT2D eigenvalue weighted by Crippen LogP contribution is -3.16. The molecule has 8 nitrogen and oxygen atoms in total. The summed E-state index contributed by atoms with van der Waals surface area (Å²) in [6.07, 6.45) is 3.90. The molecule has 0 radical (unpaired) electrons. The van der Waals surface area contributed by atoms with Crippen LogP contribution in [0.15, 0.2) is 18.3 Å². The number of hydrogen-bond acceptors (Lipinski definition) is 4. The van der Waals surface area contributed by atoms with Gasteiger partial charge in [-0.3, -0.25) is 14.9 Å². The van der Waals surface area contributed by atoms with E-state index in [0.29, 0.717) is 31.5 Å². The second-order valence-electron chi connectivity index (χ2n) is 5.92. The molecule has 1 saturated heterocycles. The van der Waals surface area contributed by atoms with Crippen LogP contribution >= 0.6 is 0 Å². The van der Waals surface area contributed by atoms with E-state index in [4.69, 9.17) is 0 Å². The van der Waals surface area contributed by atoms with Crippen molar-refractivity contribution in [2.45, 2.75) is 18.9 Å². The van der Waals surface area contributed by atoms with E-state index in [1.165, 1.54) is 11.0 Å². The molecule has 0 unspecified atom stereocenters. The van der Waals surface area contributed by atoms with Gasteiger partial charge in [0, 0.05) is 12.1 Å². The van der Waals surface area contributed by atoms with Gasteiger partial charge in [-0.05, 0) is 18.9 Å². The second-order valence-corrected chi connectivity index (χ2v) is 5.92. The molecular formula is C14H21N5O3+2. The Labute approximate surface area is 128 Å². The van der Waals surface area contributed by atoms with Gasteiger partial charge in [0.05, 0.1) is 11.1 Å². The molecule has 2 heterocycles. The molecule has 2 aliphatic rings. The number of piperazine rings is 1. The third-order valence-corrected chi connectivity index (χ3v) is 4.15. The van der Waals surface area contributed by atoms with Crippen molar-refractivity contribution in [2.24, 2.45) is 0 Å². The number of anilines is 1. The average Bonchev–Trinajstić information content (AvgIpc) is 3.32. The van der Waals surface area contributed by atoms with Crippen molar-refractivity contribution >= 4 is 17.4 Å². The molecule has 1 saturated carbocycles. The van der Waals surface area contributed by atoms with Gasteiger partial charge < -0.3 is 10.2 Å². The van der Waals surface area contributed by atoms with Crippen LogP contribution in [-0.4, -0.2) is 49.6 Å². The molecule has 1 amide bonds. The van der Waals surface area contributed by atoms with E-state index in [2.05, 4.69) is 10.3 Å². The van der Waals surface area contributed by atoms with E-state index in [-0.39, 0.29) is 16.5 Å². The number of hydrogen-bond donors (Lipinski definition) is 2. The van der Waals surface area contributed by atoms with Crippen molar-refractivity contribution in [3.8, 4) is 0 Å². The number of aromatic amines is 1. The molecule has 0 spiro atoms. The largest absolute Gasteiger partial charge is 0.357 e. The van der Waals surface area contributed by atoms with Gasteiger partial charge in [-0.2, -0.15) is 0 Å². The first-order valence-electron chi connectivity index (χ1n) is 7.66. The molecule has 1 aliphatic carbocycles. The van der Waals surface area contributed by atoms with Crippen LogP contribution in [0.25, 0.3) is 0 Å². The maximum absolute atomic E-state index is 11.8. The highest BCUT2D eigenvalue weighted by Gasteiger charge is 2.33. The third kappa shape index (κ3) is 3.51. The van der Waals surface area contributed by atoms with Gasteiger partial charge in [-0.1, -0.05) is 0 Å². The normalized spacial score (nSPS) is 19.0. The van der Waals surface area contributed by atoms with Gasteiger partial charge in [0.2, 0.25) is 0 Å². The van der Waals surface area contributed by atoms with Crippen molar-refractivity contribution < 1.29 is 19.6 Å². The number of H-pyrrole nitrogens is 1. The minimum Gasteiger partial charge on any atom is -0.348 e. The van der Waals surface area contributed by atoms with Crippen LogP contribution in [0, 0.1) is 10.1 Å². The molecule has 22 heavy (non-hydrogen) atoms. The SMILES string of the molecule is O=C(C[NH+]1CCN(c2[nH+]cccc2[N+](=O)[O-])CC1)NC1CC1. The third-order valence-electron chi connectivity index (χ3n) is 4.15. The monoisotopic (exact) mass is 307 g/mol. The van der Waals surface area contributed by atoms with Gasteiger partial charge in [0.1, 0.15) is 26.2 Å². The molecule has 1 aromatic rings. The van der Waals surface area contributed by atoms with Gasteiger partial charge in [-0.15, -0.1) is 0 Å². The maximum atomic E-state index is 11.8. The molecule has 0 bridgehead atoms. The van der Waals surface area contributed by atoms with Crippen LogP contribution in [0.2, 0.25) is 0 Å². The number of quaternary nitrogens is 1. The lowest BCUT2D eigenvalue weighted by Gasteiger charge is -2.27. The van der Waals surface area contributed by atoms with Crippen LogP contribution in [0.3, 0.4) is 0 Å². The van der Waals surface area contributed by atoms with E-state index >= 15 is 0 Å². The van der Waals surface area contributed by atoms with Crippen LogP contribution < -0.4 is 20.1 Å². The first-order chi connectivity index (χ1) is 10.6. The lowest BCUT2D eigenvalue weighted by atomic mass is 10.2. The summed E-state index contributed by atoms with van der Waals surface area (Å²) < 4.78 is 0. The Morgan fingerprint density at radius 3 is 2.82 bits per heavy atom. The van der Waals surface area contributed by atoms with Gasteiger partial charge in [-0.25, -0.2) is 9.88 Å². The summed E-state index contributed by atoms with van der Waals surface area (Å²) in [7, 11) is 0. The van der Waals surface area contributed by atoms with E-state index in [1.807, 2.05) is 4.90 Å². The number of nitrogens with one attached hydrogen (secondary N) is 3. The quantitative estimate of drug-likeness (QED) is 0.506. The summed E-state index contributed by atoms with van der Waals surface area (Å²) >= 11 is 0. The first kappa shape index (κ1) is 14.7. The molecule has 0 atom stereocenters. The van der Waals surface area contributed by atoms with Crippen molar-refractivity contribution in [1.29, 1.82) is 0 Å². The molecule has 3 N–H and O–H groups in total. The van der Waals surface area contributed by atoms with E-state index in [1.54, 1.807) is 12.3 Å². The molecule has 118 valence electrons. The highest BCUT2D eigenvalue weighted by atomic mass is 16.6. The fraction of sp³-hybridized carbons (Fsp3) is 0.571. The zero-order chi connectivity index (χ0) is 15.5. The van der Waals surface area contributed by atoms with Crippen molar-refractivity contribution in [3.05, 3.63) is 28.4 Å². The molecule has 1 aliphatic heterocycles. The Hall–Kier alpha value is -2.22. The average molecular weight is 307 g/mol. The standard InChI is InChI=1S/C14H19N5O3/c20-13(16-11-3-4-11)10-17-6-8-18(9-7-17)14-12(19(21)22)2-1-5-15-14/h1-2,5,11H,3-4,6-10H2,(H,16,20)/p+2. The minimum atomic E-state index is -0.367. The highest BCUT2D eigenvalue weighted by molar-refractivity contribution is 5.77. The maximum Gasteiger partial charge on any atom is 0.357 e. The molecule has 8 heteroatoms. The van der Waals surface area contributed by atoms with Gasteiger partial charge in [0.15, 0.2) is 6.54 Å². The zero-order valence-electron chi connectivity index (χ0n) is 12.4. The fourth-order valence-corrected chi connectivity index (χ4v) is 2.78. The summed E-state index contributed by atoms with van der Waals surface area (Å²) in [4.78, 5) is 28.7. The summed E-state index contributed by atoms with van der Waals surface area (Å²) in [5, 5.41) is 14.1. The van der Waals surface area contributed by atoms with Crippen LogP contribution in [0.4, 0.5) is 11.5 Å². The number of rotatable bonds is 5. The van der Waals surface area contributed by atoms with Crippen LogP contribution in [0.5, 0.6) is 0 Å². The van der Waals surface area contributed by atoms with E-state index in [0.717, 1.165) is 25.9 Å². The number of pyridine rings is 1. The second kappa shape index (κ2) is 6.27.